The molecular weight excluding hydrogens is 316 g/mol. The Kier molecular flexibility index (Phi) is 6.01. The fourth-order valence-corrected chi connectivity index (χ4v) is 3.10. The van der Waals surface area contributed by atoms with Crippen molar-refractivity contribution in [2.75, 3.05) is 19.3 Å². The van der Waals surface area contributed by atoms with Crippen molar-refractivity contribution in [2.45, 2.75) is 38.7 Å². The maximum absolute atomic E-state index is 12.0. The number of hydrogen-bond acceptors (Lipinski definition) is 4. The van der Waals surface area contributed by atoms with E-state index in [-0.39, 0.29) is 5.91 Å². The molecule has 0 saturated carbocycles. The summed E-state index contributed by atoms with van der Waals surface area (Å²) in [7, 11) is -3.17. The zero-order chi connectivity index (χ0) is 16.9. The fraction of sp³-hybridized carbons (Fsp3) is 0.562. The smallest absolute Gasteiger partial charge is 0.260 e. The van der Waals surface area contributed by atoms with Gasteiger partial charge in [-0.25, -0.2) is 13.1 Å². The van der Waals surface area contributed by atoms with Gasteiger partial charge in [-0.05, 0) is 55.9 Å². The SMILES string of the molecule is C[C@@H](Oc1ccc2c(c1)CCC2)C(=O)NCCCNS(C)(=O)=O. The molecule has 2 N–H and O–H groups in total. The van der Waals surface area contributed by atoms with E-state index in [4.69, 9.17) is 4.74 Å². The third-order valence-electron chi connectivity index (χ3n) is 3.77. The Bertz CT molecular complexity index is 658. The van der Waals surface area contributed by atoms with Crippen molar-refractivity contribution in [3.8, 4) is 5.75 Å². The van der Waals surface area contributed by atoms with E-state index < -0.39 is 16.1 Å². The minimum Gasteiger partial charge on any atom is -0.481 e. The number of carbonyl (C=O) groups is 1. The number of nitrogens with one attached hydrogen (secondary N) is 2. The molecule has 0 fully saturated rings. The number of rotatable bonds is 8. The van der Waals surface area contributed by atoms with E-state index in [1.807, 2.05) is 12.1 Å². The predicted molar refractivity (Wildman–Crippen MR) is 89.0 cm³/mol. The van der Waals surface area contributed by atoms with E-state index in [1.54, 1.807) is 6.92 Å². The molecule has 2 rings (SSSR count). The van der Waals surface area contributed by atoms with Crippen LogP contribution in [-0.2, 0) is 27.7 Å². The minimum atomic E-state index is -3.17. The van der Waals surface area contributed by atoms with Crippen molar-refractivity contribution in [1.82, 2.24) is 10.0 Å². The Morgan fingerprint density at radius 2 is 2.00 bits per heavy atom. The molecule has 0 saturated heterocycles. The van der Waals surface area contributed by atoms with Crippen LogP contribution in [0.2, 0.25) is 0 Å². The molecule has 0 aliphatic heterocycles. The summed E-state index contributed by atoms with van der Waals surface area (Å²) in [5.74, 6) is 0.511. The molecule has 0 aromatic heterocycles. The number of ether oxygens (including phenoxy) is 1. The highest BCUT2D eigenvalue weighted by molar-refractivity contribution is 7.88. The molecule has 1 aromatic carbocycles. The van der Waals surface area contributed by atoms with E-state index in [1.165, 1.54) is 17.5 Å². The second kappa shape index (κ2) is 7.79. The summed E-state index contributed by atoms with van der Waals surface area (Å²) in [5, 5.41) is 2.74. The molecule has 0 heterocycles. The largest absolute Gasteiger partial charge is 0.481 e. The fourth-order valence-electron chi connectivity index (χ4n) is 2.58. The topological polar surface area (TPSA) is 84.5 Å². The Balaban J connectivity index is 1.72. The number of aryl methyl sites for hydroxylation is 2. The van der Waals surface area contributed by atoms with Crippen molar-refractivity contribution in [2.24, 2.45) is 0 Å². The van der Waals surface area contributed by atoms with Crippen molar-refractivity contribution in [3.63, 3.8) is 0 Å². The molecule has 0 spiro atoms. The maximum atomic E-state index is 12.0. The summed E-state index contributed by atoms with van der Waals surface area (Å²) in [6.45, 7) is 2.41. The van der Waals surface area contributed by atoms with Crippen LogP contribution in [0.3, 0.4) is 0 Å². The first-order valence-corrected chi connectivity index (χ1v) is 9.75. The molecule has 23 heavy (non-hydrogen) atoms. The zero-order valence-corrected chi connectivity index (χ0v) is 14.4. The molecule has 7 heteroatoms. The van der Waals surface area contributed by atoms with Crippen LogP contribution in [0, 0.1) is 0 Å². The highest BCUT2D eigenvalue weighted by Gasteiger charge is 2.16. The van der Waals surface area contributed by atoms with Crippen LogP contribution >= 0.6 is 0 Å². The van der Waals surface area contributed by atoms with Gasteiger partial charge in [0.05, 0.1) is 6.26 Å². The predicted octanol–water partition coefficient (Wildman–Crippen LogP) is 0.998. The lowest BCUT2D eigenvalue weighted by molar-refractivity contribution is -0.127. The second-order valence-corrected chi connectivity index (χ2v) is 7.69. The molecule has 1 aliphatic rings. The Hall–Kier alpha value is -1.60. The normalized spacial score (nSPS) is 15.0. The van der Waals surface area contributed by atoms with E-state index in [9.17, 15) is 13.2 Å². The van der Waals surface area contributed by atoms with Crippen LogP contribution in [0.25, 0.3) is 0 Å². The highest BCUT2D eigenvalue weighted by Crippen LogP contribution is 2.26. The first-order chi connectivity index (χ1) is 10.8. The molecule has 1 aromatic rings. The van der Waals surface area contributed by atoms with Gasteiger partial charge >= 0.3 is 0 Å². The molecule has 6 nitrogen and oxygen atoms in total. The molecule has 1 amide bonds. The number of fused-ring (bicyclic) bond motifs is 1. The average molecular weight is 340 g/mol. The van der Waals surface area contributed by atoms with Crippen molar-refractivity contribution >= 4 is 15.9 Å². The minimum absolute atomic E-state index is 0.204. The van der Waals surface area contributed by atoms with Crippen LogP contribution in [0.1, 0.15) is 30.9 Å². The molecule has 1 atom stereocenters. The van der Waals surface area contributed by atoms with Gasteiger partial charge in [0.25, 0.3) is 5.91 Å². The van der Waals surface area contributed by atoms with E-state index >= 15 is 0 Å². The van der Waals surface area contributed by atoms with Gasteiger partial charge in [-0.1, -0.05) is 6.07 Å². The van der Waals surface area contributed by atoms with Gasteiger partial charge in [-0.3, -0.25) is 4.79 Å². The average Bonchev–Trinajstić information content (AvgIpc) is 2.93. The summed E-state index contributed by atoms with van der Waals surface area (Å²) >= 11 is 0. The van der Waals surface area contributed by atoms with E-state index in [2.05, 4.69) is 16.1 Å². The van der Waals surface area contributed by atoms with Gasteiger partial charge in [0.1, 0.15) is 5.75 Å². The van der Waals surface area contributed by atoms with Crippen LogP contribution in [0.4, 0.5) is 0 Å². The first kappa shape index (κ1) is 17.7. The Labute approximate surface area is 137 Å². The van der Waals surface area contributed by atoms with E-state index in [0.29, 0.717) is 25.3 Å². The van der Waals surface area contributed by atoms with Gasteiger partial charge in [0, 0.05) is 13.1 Å². The van der Waals surface area contributed by atoms with Gasteiger partial charge in [-0.15, -0.1) is 0 Å². The number of hydrogen-bond donors (Lipinski definition) is 2. The molecule has 1 aliphatic carbocycles. The third kappa shape index (κ3) is 5.84. The zero-order valence-electron chi connectivity index (χ0n) is 13.6. The van der Waals surface area contributed by atoms with Gasteiger partial charge in [0.2, 0.25) is 10.0 Å². The van der Waals surface area contributed by atoms with Gasteiger partial charge in [-0.2, -0.15) is 0 Å². The quantitative estimate of drug-likeness (QED) is 0.692. The molecule has 128 valence electrons. The number of amides is 1. The molecule has 0 unspecified atom stereocenters. The summed E-state index contributed by atoms with van der Waals surface area (Å²) < 4.78 is 29.9. The summed E-state index contributed by atoms with van der Waals surface area (Å²) in [5.41, 5.74) is 2.68. The standard InChI is InChI=1S/C16H24N2O4S/c1-12(16(19)17-9-4-10-18-23(2,20)21)22-15-8-7-13-5-3-6-14(13)11-15/h7-8,11-12,18H,3-6,9-10H2,1-2H3,(H,17,19)/t12-/m1/s1. The molecule has 0 bridgehead atoms. The van der Waals surface area contributed by atoms with Crippen molar-refractivity contribution in [3.05, 3.63) is 29.3 Å². The monoisotopic (exact) mass is 340 g/mol. The summed E-state index contributed by atoms with van der Waals surface area (Å²) in [4.78, 5) is 12.0. The van der Waals surface area contributed by atoms with E-state index in [0.717, 1.165) is 19.1 Å². The van der Waals surface area contributed by atoms with Crippen LogP contribution in [-0.4, -0.2) is 39.8 Å². The maximum Gasteiger partial charge on any atom is 0.260 e. The van der Waals surface area contributed by atoms with Crippen LogP contribution < -0.4 is 14.8 Å². The van der Waals surface area contributed by atoms with Crippen LogP contribution in [0.5, 0.6) is 5.75 Å². The van der Waals surface area contributed by atoms with Crippen molar-refractivity contribution in [1.29, 1.82) is 0 Å². The second-order valence-electron chi connectivity index (χ2n) is 5.86. The van der Waals surface area contributed by atoms with Crippen molar-refractivity contribution < 1.29 is 17.9 Å². The number of benzene rings is 1. The molecular formula is C16H24N2O4S. The summed E-state index contributed by atoms with van der Waals surface area (Å²) in [6.07, 6.45) is 4.42. The summed E-state index contributed by atoms with van der Waals surface area (Å²) in [6, 6.07) is 5.99. The van der Waals surface area contributed by atoms with Gasteiger partial charge < -0.3 is 10.1 Å². The molecule has 0 radical (unpaired) electrons. The Morgan fingerprint density at radius 1 is 1.26 bits per heavy atom. The first-order valence-electron chi connectivity index (χ1n) is 7.86. The third-order valence-corrected chi connectivity index (χ3v) is 4.50. The Morgan fingerprint density at radius 3 is 2.74 bits per heavy atom. The van der Waals surface area contributed by atoms with Gasteiger partial charge in [0.15, 0.2) is 6.10 Å². The lowest BCUT2D eigenvalue weighted by atomic mass is 10.1. The number of carbonyl (C=O) groups excluding carboxylic acids is 1. The van der Waals surface area contributed by atoms with Crippen LogP contribution in [0.15, 0.2) is 18.2 Å². The highest BCUT2D eigenvalue weighted by atomic mass is 32.2. The number of sulfonamides is 1. The lowest BCUT2D eigenvalue weighted by Crippen LogP contribution is -2.37. The lowest BCUT2D eigenvalue weighted by Gasteiger charge is -2.15.